The van der Waals surface area contributed by atoms with Crippen molar-refractivity contribution in [3.8, 4) is 0 Å². The molecule has 0 spiro atoms. The maximum atomic E-state index is 9.39. The molecule has 0 atom stereocenters. The second-order valence-corrected chi connectivity index (χ2v) is 6.67. The van der Waals surface area contributed by atoms with Gasteiger partial charge in [0, 0.05) is 0 Å². The molecule has 0 saturated carbocycles. The van der Waals surface area contributed by atoms with Crippen LogP contribution in [0.15, 0.2) is 0 Å². The molecule has 0 aliphatic rings. The molecule has 15 heavy (non-hydrogen) atoms. The molecular weight excluding hydrogens is 661 g/mol. The largest absolute Gasteiger partial charge is 4.00 e. The first-order chi connectivity index (χ1) is 4.13. The Kier molecular flexibility index (Phi) is 152. The van der Waals surface area contributed by atoms with Crippen LogP contribution in [-0.2, 0) is 86.3 Å². The summed E-state index contributed by atoms with van der Waals surface area (Å²) in [5, 5.41) is 0. The van der Waals surface area contributed by atoms with Gasteiger partial charge in [-0.05, 0) is 0 Å². The molecule has 0 bridgehead atoms. The number of hydrogen-bond donors (Lipinski definition) is 0. The van der Waals surface area contributed by atoms with Gasteiger partial charge in [0.15, 0.2) is 0 Å². The average Bonchev–Trinajstić information content (AvgIpc) is 1.68. The molecule has 0 aliphatic heterocycles. The van der Waals surface area contributed by atoms with Gasteiger partial charge < -0.3 is 21.9 Å². The predicted octanol–water partition coefficient (Wildman–Crippen LogP) is -2.29. The van der Waals surface area contributed by atoms with Crippen LogP contribution in [0.4, 0.5) is 0 Å². The second kappa shape index (κ2) is 43.6. The maximum absolute atomic E-state index is 9.39. The van der Waals surface area contributed by atoms with Crippen molar-refractivity contribution in [2.24, 2.45) is 0 Å². The third-order valence-corrected chi connectivity index (χ3v) is 6.00. The van der Waals surface area contributed by atoms with Crippen molar-refractivity contribution in [1.82, 2.24) is 0 Å². The Hall–Kier alpha value is 2.83. The van der Waals surface area contributed by atoms with E-state index >= 15 is 0 Å². The molecule has 0 saturated heterocycles. The van der Waals surface area contributed by atoms with Gasteiger partial charge in [0.05, 0.1) is 0 Å². The quantitative estimate of drug-likeness (QED) is 0.298. The Bertz CT molecular complexity index is 164. The SMILES string of the molecule is [O-2].[O-2].[O-2].[O-2].[O]=[Sb](=[O])[O][Sb](=[O])=[O].[O]=[Sn].[Ti+4].[Zr+4]. The van der Waals surface area contributed by atoms with Crippen LogP contribution in [-0.4, -0.2) is 63.7 Å². The normalized spacial score (nSPS) is 4.00. The van der Waals surface area contributed by atoms with E-state index in [4.69, 9.17) is 3.08 Å². The van der Waals surface area contributed by atoms with Crippen LogP contribution in [0, 0.1) is 0 Å². The summed E-state index contributed by atoms with van der Waals surface area (Å²) in [6.45, 7) is 0. The zero-order valence-corrected chi connectivity index (χ0v) is 18.5. The van der Waals surface area contributed by atoms with Gasteiger partial charge in [-0.3, -0.25) is 0 Å². The van der Waals surface area contributed by atoms with E-state index in [2.05, 4.69) is 1.29 Å². The molecule has 2 radical (unpaired) electrons. The van der Waals surface area contributed by atoms with Crippen molar-refractivity contribution < 1.29 is 86.3 Å². The van der Waals surface area contributed by atoms with Crippen molar-refractivity contribution in [2.75, 3.05) is 0 Å². The molecule has 0 unspecified atom stereocenters. The Morgan fingerprint density at radius 1 is 0.733 bits per heavy atom. The van der Waals surface area contributed by atoms with Crippen LogP contribution in [0.5, 0.6) is 0 Å². The van der Waals surface area contributed by atoms with Gasteiger partial charge in [0.2, 0.25) is 0 Å². The van der Waals surface area contributed by atoms with Gasteiger partial charge >= 0.3 is 128 Å². The van der Waals surface area contributed by atoms with Crippen LogP contribution in [0.3, 0.4) is 0 Å². The fraction of sp³-hybridized carbons (Fsp3) is 0. The van der Waals surface area contributed by atoms with Gasteiger partial charge in [-0.15, -0.1) is 0 Å². The van der Waals surface area contributed by atoms with Crippen LogP contribution in [0.1, 0.15) is 0 Å². The third kappa shape index (κ3) is 79.3. The zero-order valence-electron chi connectivity index (χ0n) is 6.48. The van der Waals surface area contributed by atoms with E-state index in [9.17, 15) is 12.1 Å². The molecule has 0 rings (SSSR count). The Morgan fingerprint density at radius 3 is 0.867 bits per heavy atom. The molecule has 0 amide bonds. The van der Waals surface area contributed by atoms with E-state index in [1.807, 2.05) is 0 Å². The van der Waals surface area contributed by atoms with E-state index in [1.165, 1.54) is 0 Å². The minimum atomic E-state index is -4.13. The summed E-state index contributed by atoms with van der Waals surface area (Å²) in [6.07, 6.45) is 0. The van der Waals surface area contributed by atoms with Crippen LogP contribution >= 0.6 is 0 Å². The van der Waals surface area contributed by atoms with Crippen molar-refractivity contribution in [3.63, 3.8) is 0 Å². The van der Waals surface area contributed by atoms with Crippen molar-refractivity contribution in [1.29, 1.82) is 0 Å². The molecule has 0 aromatic carbocycles. The molecule has 15 heteroatoms. The summed E-state index contributed by atoms with van der Waals surface area (Å²) >= 11 is -7.95. The van der Waals surface area contributed by atoms with Crippen LogP contribution in [0.25, 0.3) is 0 Å². The molecule has 82 valence electrons. The summed E-state index contributed by atoms with van der Waals surface area (Å²) in [5.74, 6) is 0. The summed E-state index contributed by atoms with van der Waals surface area (Å²) in [4.78, 5) is 0. The average molecular weight is 661 g/mol. The van der Waals surface area contributed by atoms with Crippen molar-refractivity contribution in [3.05, 3.63) is 0 Å². The number of hydrogen-bond acceptors (Lipinski definition) is 6. The Balaban J connectivity index is -0.00000000965. The standard InChI is InChI=1S/10O.2Sb.Sn.Ti.Zr/q;;;;;;4*-2;;;;2*+4. The monoisotopic (exact) mass is 660 g/mol. The smallest absolute Gasteiger partial charge is 4.00 e. The van der Waals surface area contributed by atoms with E-state index in [0.717, 1.165) is 0 Å². The van der Waals surface area contributed by atoms with E-state index in [0.29, 0.717) is 22.5 Å². The Labute approximate surface area is 147 Å². The predicted molar refractivity (Wildman–Crippen MR) is 24.5 cm³/mol. The fourth-order valence-corrected chi connectivity index (χ4v) is 2.45. The fourth-order valence-electron chi connectivity index (χ4n) is 0.0544. The molecule has 0 heterocycles. The molecule has 10 nitrogen and oxygen atoms in total. The molecule has 0 aromatic heterocycles. The minimum Gasteiger partial charge on any atom is 4.00 e. The van der Waals surface area contributed by atoms with Crippen LogP contribution in [0.2, 0.25) is 0 Å². The molecule has 0 aromatic rings. The molecule has 0 aliphatic carbocycles. The summed E-state index contributed by atoms with van der Waals surface area (Å²) < 4.78 is 49.3. The molecule has 0 N–H and O–H groups in total. The summed E-state index contributed by atoms with van der Waals surface area (Å²) in [5.41, 5.74) is 0. The van der Waals surface area contributed by atoms with Crippen molar-refractivity contribution in [2.45, 2.75) is 0 Å². The first-order valence-electron chi connectivity index (χ1n) is 1.30. The number of rotatable bonds is 2. The van der Waals surface area contributed by atoms with E-state index in [1.54, 1.807) is 0 Å². The third-order valence-electron chi connectivity index (χ3n) is 0.133. The van der Waals surface area contributed by atoms with Gasteiger partial charge in [-0.1, -0.05) is 0 Å². The zero-order chi connectivity index (χ0) is 7.86. The molecule has 0 fully saturated rings. The van der Waals surface area contributed by atoms with E-state index < -0.39 is 41.2 Å². The van der Waals surface area contributed by atoms with Gasteiger partial charge in [-0.2, -0.15) is 0 Å². The summed E-state index contributed by atoms with van der Waals surface area (Å²) in [7, 11) is 0. The topological polar surface area (TPSA) is 209 Å². The summed E-state index contributed by atoms with van der Waals surface area (Å²) in [6, 6.07) is 0. The van der Waals surface area contributed by atoms with Gasteiger partial charge in [0.1, 0.15) is 0 Å². The minimum absolute atomic E-state index is 0. The first-order valence-corrected chi connectivity index (χ1v) is 8.72. The van der Waals surface area contributed by atoms with E-state index in [-0.39, 0.29) is 69.8 Å². The van der Waals surface area contributed by atoms with Gasteiger partial charge in [0.25, 0.3) is 0 Å². The first kappa shape index (κ1) is 52.3. The van der Waals surface area contributed by atoms with Crippen LogP contribution < -0.4 is 0 Å². The van der Waals surface area contributed by atoms with Crippen molar-refractivity contribution >= 4 is 63.7 Å². The van der Waals surface area contributed by atoms with Gasteiger partial charge in [-0.25, -0.2) is 0 Å². The Morgan fingerprint density at radius 2 is 0.867 bits per heavy atom. The molecular formula is O10Sb2SnTiZr. The maximum Gasteiger partial charge on any atom is 4.00 e. The second-order valence-electron chi connectivity index (χ2n) is 0.529.